The van der Waals surface area contributed by atoms with E-state index in [1.54, 1.807) is 19.0 Å². The molecule has 0 aliphatic carbocycles. The second kappa shape index (κ2) is 12.3. The fourth-order valence-electron chi connectivity index (χ4n) is 4.86. The smallest absolute Gasteiger partial charge is 0.238 e. The number of rotatable bonds is 10. The van der Waals surface area contributed by atoms with Crippen LogP contribution in [0, 0.1) is 5.92 Å². The molecule has 0 saturated carbocycles. The van der Waals surface area contributed by atoms with E-state index < -0.39 is 0 Å². The maximum atomic E-state index is 11.8. The first kappa shape index (κ1) is 27.5. The monoisotopic (exact) mass is 523 g/mol. The Morgan fingerprint density at radius 1 is 1.16 bits per heavy atom. The number of carbonyl (C=O) groups is 1. The van der Waals surface area contributed by atoms with Crippen molar-refractivity contribution in [1.29, 1.82) is 0 Å². The number of hydrogen-bond acceptors (Lipinski definition) is 6. The van der Waals surface area contributed by atoms with Gasteiger partial charge in [0.15, 0.2) is 0 Å². The first-order valence-electron chi connectivity index (χ1n) is 13.3. The van der Waals surface area contributed by atoms with Gasteiger partial charge in [0.1, 0.15) is 5.82 Å². The zero-order valence-electron chi connectivity index (χ0n) is 22.8. The maximum Gasteiger partial charge on any atom is 0.238 e. The van der Waals surface area contributed by atoms with Crippen LogP contribution in [0.1, 0.15) is 52.3 Å². The molecule has 200 valence electrons. The molecular weight excluding hydrogens is 482 g/mol. The number of aryl methyl sites for hydroxylation is 1. The molecule has 1 aliphatic rings. The molecule has 1 aromatic heterocycles. The number of aromatic nitrogens is 2. The molecule has 1 saturated heterocycles. The molecule has 0 radical (unpaired) electrons. The van der Waals surface area contributed by atoms with Crippen molar-refractivity contribution in [2.45, 2.75) is 63.3 Å². The Balaban J connectivity index is 1.46. The van der Waals surface area contributed by atoms with Crippen molar-refractivity contribution in [3.05, 3.63) is 48.3 Å². The lowest BCUT2D eigenvalue weighted by atomic mass is 9.94. The van der Waals surface area contributed by atoms with Crippen molar-refractivity contribution in [2.75, 3.05) is 43.5 Å². The van der Waals surface area contributed by atoms with E-state index >= 15 is 0 Å². The van der Waals surface area contributed by atoms with Crippen LogP contribution in [-0.2, 0) is 21.5 Å². The van der Waals surface area contributed by atoms with Gasteiger partial charge in [-0.1, -0.05) is 20.8 Å². The topological polar surface area (TPSA) is 71.4 Å². The second-order valence-corrected chi connectivity index (χ2v) is 12.1. The van der Waals surface area contributed by atoms with Crippen molar-refractivity contribution < 1.29 is 9.53 Å². The second-order valence-electron chi connectivity index (χ2n) is 10.9. The molecule has 0 bridgehead atoms. The minimum atomic E-state index is -0.0500. The average Bonchev–Trinajstić information content (AvgIpc) is 3.24. The predicted octanol–water partition coefficient (Wildman–Crippen LogP) is 5.84. The zero-order chi connectivity index (χ0) is 26.4. The Labute approximate surface area is 225 Å². The Kier molecular flexibility index (Phi) is 9.16. The van der Waals surface area contributed by atoms with Crippen LogP contribution in [0.3, 0.4) is 0 Å². The van der Waals surface area contributed by atoms with Crippen LogP contribution >= 0.6 is 11.9 Å². The molecule has 2 heterocycles. The van der Waals surface area contributed by atoms with E-state index in [0.717, 1.165) is 53.3 Å². The molecule has 0 unspecified atom stereocenters. The van der Waals surface area contributed by atoms with E-state index in [4.69, 9.17) is 9.72 Å². The highest BCUT2D eigenvalue weighted by Gasteiger charge is 2.23. The van der Waals surface area contributed by atoms with E-state index in [-0.39, 0.29) is 11.3 Å². The number of fused-ring (bicyclic) bond motifs is 1. The highest BCUT2D eigenvalue weighted by atomic mass is 32.2. The van der Waals surface area contributed by atoms with Crippen molar-refractivity contribution in [3.8, 4) is 0 Å². The number of anilines is 2. The summed E-state index contributed by atoms with van der Waals surface area (Å²) in [6, 6.07) is 14.5. The number of benzene rings is 2. The van der Waals surface area contributed by atoms with Crippen LogP contribution in [0.4, 0.5) is 11.4 Å². The van der Waals surface area contributed by atoms with Crippen molar-refractivity contribution >= 4 is 40.3 Å². The molecule has 0 atom stereocenters. The number of likely N-dealkylation sites (N-methyl/N-ethyl adjacent to an activating group) is 1. The Morgan fingerprint density at radius 3 is 2.57 bits per heavy atom. The fourth-order valence-corrected chi connectivity index (χ4v) is 5.65. The molecule has 37 heavy (non-hydrogen) atoms. The summed E-state index contributed by atoms with van der Waals surface area (Å²) < 4.78 is 10.1. The van der Waals surface area contributed by atoms with Gasteiger partial charge in [0, 0.05) is 48.5 Å². The van der Waals surface area contributed by atoms with Gasteiger partial charge in [0.05, 0.1) is 17.6 Å². The molecule has 3 aromatic rings. The van der Waals surface area contributed by atoms with Crippen LogP contribution < -0.4 is 14.9 Å². The normalized spacial score (nSPS) is 14.7. The molecule has 2 N–H and O–H groups in total. The molecule has 0 spiro atoms. The summed E-state index contributed by atoms with van der Waals surface area (Å²) in [7, 11) is 3.83. The number of nitrogens with zero attached hydrogens (tertiary/aromatic N) is 3. The van der Waals surface area contributed by atoms with E-state index in [9.17, 15) is 4.79 Å². The minimum absolute atomic E-state index is 0.0249. The number of ether oxygens (including phenoxy) is 1. The van der Waals surface area contributed by atoms with Gasteiger partial charge in [-0.3, -0.25) is 4.79 Å². The number of carbonyl (C=O) groups excluding carboxylic acids is 1. The van der Waals surface area contributed by atoms with Crippen molar-refractivity contribution in [3.63, 3.8) is 0 Å². The van der Waals surface area contributed by atoms with Crippen LogP contribution in [-0.4, -0.2) is 49.3 Å². The van der Waals surface area contributed by atoms with E-state index in [1.165, 1.54) is 31.2 Å². The number of hydrogen-bond donors (Lipinski definition) is 2. The van der Waals surface area contributed by atoms with Crippen LogP contribution in [0.5, 0.6) is 0 Å². The van der Waals surface area contributed by atoms with Gasteiger partial charge in [-0.05, 0) is 93.1 Å². The Morgan fingerprint density at radius 2 is 1.89 bits per heavy atom. The average molecular weight is 524 g/mol. The number of nitrogens with one attached hydrogen (secondary N) is 2. The first-order valence-corrected chi connectivity index (χ1v) is 14.1. The van der Waals surface area contributed by atoms with Gasteiger partial charge in [-0.15, -0.1) is 0 Å². The highest BCUT2D eigenvalue weighted by molar-refractivity contribution is 8.00. The fraction of sp³-hybridized carbons (Fsp3) is 0.517. The summed E-state index contributed by atoms with van der Waals surface area (Å²) in [4.78, 5) is 18.0. The van der Waals surface area contributed by atoms with Gasteiger partial charge < -0.3 is 24.2 Å². The lowest BCUT2D eigenvalue weighted by molar-refractivity contribution is -0.115. The summed E-state index contributed by atoms with van der Waals surface area (Å²) >= 11 is 1.65. The summed E-state index contributed by atoms with van der Waals surface area (Å²) in [6.45, 7) is 9.87. The summed E-state index contributed by atoms with van der Waals surface area (Å²) in [6.07, 6.45) is 4.81. The number of imidazole rings is 1. The largest absolute Gasteiger partial charge is 0.381 e. The van der Waals surface area contributed by atoms with E-state index in [0.29, 0.717) is 6.54 Å². The van der Waals surface area contributed by atoms with Crippen LogP contribution in [0.2, 0.25) is 0 Å². The molecular formula is C29H41N5O2S. The van der Waals surface area contributed by atoms with Crippen molar-refractivity contribution in [1.82, 2.24) is 14.9 Å². The predicted molar refractivity (Wildman–Crippen MR) is 154 cm³/mol. The highest BCUT2D eigenvalue weighted by Crippen LogP contribution is 2.33. The first-order chi connectivity index (χ1) is 17.7. The third-order valence-corrected chi connectivity index (χ3v) is 7.79. The van der Waals surface area contributed by atoms with Crippen LogP contribution in [0.25, 0.3) is 11.0 Å². The van der Waals surface area contributed by atoms with Gasteiger partial charge in [0.2, 0.25) is 5.91 Å². The third-order valence-electron chi connectivity index (χ3n) is 6.82. The lowest BCUT2D eigenvalue weighted by Crippen LogP contribution is -2.24. The molecule has 4 rings (SSSR count). The van der Waals surface area contributed by atoms with Gasteiger partial charge in [-0.25, -0.2) is 4.98 Å². The molecule has 2 aromatic carbocycles. The summed E-state index contributed by atoms with van der Waals surface area (Å²) in [5.74, 6) is 1.89. The molecule has 1 fully saturated rings. The molecule has 7 nitrogen and oxygen atoms in total. The standard InChI is InChI=1S/C29H41N5O2S/c1-29(2,3)28-32-25-19-23(10-13-26(25)34(28)16-6-7-21-14-17-36-18-15-21)33(5)37-24-11-8-22(9-12-24)31-27(35)20-30-4/h8-13,19,21,30H,6-7,14-18,20H2,1-5H3,(H,31,35). The molecule has 8 heteroatoms. The number of amides is 1. The van der Waals surface area contributed by atoms with Crippen molar-refractivity contribution in [2.24, 2.45) is 5.92 Å². The maximum absolute atomic E-state index is 11.8. The SMILES string of the molecule is CNCC(=O)Nc1ccc(SN(C)c2ccc3c(c2)nc(C(C)(C)C)n3CCCC2CCOCC2)cc1. The van der Waals surface area contributed by atoms with Crippen LogP contribution in [0.15, 0.2) is 47.4 Å². The zero-order valence-corrected chi connectivity index (χ0v) is 23.7. The molecule has 1 aliphatic heterocycles. The summed E-state index contributed by atoms with van der Waals surface area (Å²) in [5, 5.41) is 5.75. The van der Waals surface area contributed by atoms with Gasteiger partial charge >= 0.3 is 0 Å². The Bertz CT molecular complexity index is 1180. The third kappa shape index (κ3) is 7.27. The van der Waals surface area contributed by atoms with E-state index in [1.807, 2.05) is 24.3 Å². The van der Waals surface area contributed by atoms with Gasteiger partial charge in [-0.2, -0.15) is 0 Å². The summed E-state index contributed by atoms with van der Waals surface area (Å²) in [5.41, 5.74) is 4.13. The Hall–Kier alpha value is -2.55. The quantitative estimate of drug-likeness (QED) is 0.325. The molecule has 1 amide bonds. The van der Waals surface area contributed by atoms with E-state index in [2.05, 4.69) is 65.5 Å². The minimum Gasteiger partial charge on any atom is -0.381 e. The van der Waals surface area contributed by atoms with Gasteiger partial charge in [0.25, 0.3) is 0 Å². The lowest BCUT2D eigenvalue weighted by Gasteiger charge is -2.23.